The summed E-state index contributed by atoms with van der Waals surface area (Å²) in [5, 5.41) is 14.0. The van der Waals surface area contributed by atoms with E-state index in [2.05, 4.69) is 39.1 Å². The zero-order valence-electron chi connectivity index (χ0n) is 20.6. The van der Waals surface area contributed by atoms with Crippen molar-refractivity contribution in [3.05, 3.63) is 90.3 Å². The highest BCUT2D eigenvalue weighted by Crippen LogP contribution is 2.72. The van der Waals surface area contributed by atoms with Gasteiger partial charge in [-0.2, -0.15) is 0 Å². The predicted molar refractivity (Wildman–Crippen MR) is 141 cm³/mol. The van der Waals surface area contributed by atoms with Crippen molar-refractivity contribution in [3.8, 4) is 11.3 Å². The minimum absolute atomic E-state index is 0.0432. The average Bonchev–Trinajstić information content (AvgIpc) is 3.24. The Morgan fingerprint density at radius 1 is 0.973 bits per heavy atom. The number of para-hydroxylation sites is 1. The molecule has 0 spiro atoms. The van der Waals surface area contributed by atoms with Gasteiger partial charge in [-0.1, -0.05) is 48.5 Å². The SMILES string of the molecule is O=C(NC1(C23CC(C2)C(C(=O)O)C3)CC1)c1cccc2ccn(Cc3ccc(-c4ccccc4)nc3)c12. The Morgan fingerprint density at radius 3 is 2.46 bits per heavy atom. The molecule has 2 bridgehead atoms. The molecule has 0 radical (unpaired) electrons. The normalized spacial score (nSPS) is 25.0. The van der Waals surface area contributed by atoms with E-state index in [4.69, 9.17) is 0 Å². The first-order valence-corrected chi connectivity index (χ1v) is 13.1. The number of hydrogen-bond acceptors (Lipinski definition) is 3. The number of amides is 1. The summed E-state index contributed by atoms with van der Waals surface area (Å²) in [6.07, 6.45) is 8.36. The largest absolute Gasteiger partial charge is 0.481 e. The summed E-state index contributed by atoms with van der Waals surface area (Å²) >= 11 is 0. The molecule has 1 amide bonds. The number of aliphatic carboxylic acids is 1. The molecule has 2 aromatic carbocycles. The third-order valence-corrected chi connectivity index (χ3v) is 9.20. The Kier molecular flexibility index (Phi) is 4.84. The molecule has 6 nitrogen and oxygen atoms in total. The topological polar surface area (TPSA) is 84.2 Å². The minimum Gasteiger partial charge on any atom is -0.481 e. The van der Waals surface area contributed by atoms with Gasteiger partial charge in [0, 0.05) is 35.4 Å². The van der Waals surface area contributed by atoms with Crippen LogP contribution in [-0.4, -0.2) is 32.1 Å². The van der Waals surface area contributed by atoms with Crippen LogP contribution < -0.4 is 5.32 Å². The second kappa shape index (κ2) is 8.04. The Balaban J connectivity index is 1.14. The lowest BCUT2D eigenvalue weighted by Gasteiger charge is -2.46. The van der Waals surface area contributed by atoms with Gasteiger partial charge in [0.15, 0.2) is 0 Å². The van der Waals surface area contributed by atoms with Crippen LogP contribution in [0.5, 0.6) is 0 Å². The minimum atomic E-state index is -0.680. The van der Waals surface area contributed by atoms with Gasteiger partial charge in [0.2, 0.25) is 0 Å². The molecule has 0 aliphatic heterocycles. The zero-order chi connectivity index (χ0) is 25.2. The van der Waals surface area contributed by atoms with E-state index >= 15 is 0 Å². The second-order valence-corrected chi connectivity index (χ2v) is 11.2. The summed E-state index contributed by atoms with van der Waals surface area (Å²) < 4.78 is 2.12. The van der Waals surface area contributed by atoms with E-state index in [1.54, 1.807) is 0 Å². The van der Waals surface area contributed by atoms with Crippen LogP contribution in [-0.2, 0) is 11.3 Å². The van der Waals surface area contributed by atoms with Gasteiger partial charge in [-0.3, -0.25) is 14.6 Å². The van der Waals surface area contributed by atoms with Crippen LogP contribution >= 0.6 is 0 Å². The first-order valence-electron chi connectivity index (χ1n) is 13.1. The van der Waals surface area contributed by atoms with E-state index < -0.39 is 5.97 Å². The van der Waals surface area contributed by atoms with E-state index in [1.807, 2.05) is 54.9 Å². The number of nitrogens with zero attached hydrogens (tertiary/aromatic N) is 2. The van der Waals surface area contributed by atoms with Gasteiger partial charge < -0.3 is 15.0 Å². The van der Waals surface area contributed by atoms with Crippen molar-refractivity contribution in [1.82, 2.24) is 14.9 Å². The Morgan fingerprint density at radius 2 is 1.78 bits per heavy atom. The van der Waals surface area contributed by atoms with Gasteiger partial charge in [-0.05, 0) is 67.2 Å². The van der Waals surface area contributed by atoms with Crippen molar-refractivity contribution < 1.29 is 14.7 Å². The van der Waals surface area contributed by atoms with Crippen molar-refractivity contribution in [2.45, 2.75) is 44.2 Å². The van der Waals surface area contributed by atoms with Crippen LogP contribution in [0.4, 0.5) is 0 Å². The van der Waals surface area contributed by atoms with Crippen LogP contribution in [0, 0.1) is 17.3 Å². The number of carbonyl (C=O) groups excluding carboxylic acids is 1. The van der Waals surface area contributed by atoms with E-state index in [0.29, 0.717) is 18.5 Å². The standard InChI is InChI=1S/C31H29N3O3/c35-28(33-31(12-13-31)30-15-23(16-30)25(17-30)29(36)37)24-8-4-7-22-11-14-34(27(22)24)19-20-9-10-26(32-18-20)21-5-2-1-3-6-21/h1-11,14,18,23,25H,12-13,15-17,19H2,(H,33,35)(H,36,37). The van der Waals surface area contributed by atoms with E-state index in [-0.39, 0.29) is 28.7 Å². The summed E-state index contributed by atoms with van der Waals surface area (Å²) in [7, 11) is 0. The molecule has 4 fully saturated rings. The molecule has 37 heavy (non-hydrogen) atoms. The van der Waals surface area contributed by atoms with Crippen LogP contribution in [0.15, 0.2) is 79.1 Å². The summed E-state index contributed by atoms with van der Waals surface area (Å²) in [6.45, 7) is 0.618. The van der Waals surface area contributed by atoms with Gasteiger partial charge in [0.1, 0.15) is 0 Å². The lowest BCUT2D eigenvalue weighted by molar-refractivity contribution is -0.142. The third kappa shape index (κ3) is 3.50. The number of carboxylic acid groups (broad SMARTS) is 1. The lowest BCUT2D eigenvalue weighted by Crippen LogP contribution is -2.52. The molecule has 0 saturated heterocycles. The van der Waals surface area contributed by atoms with E-state index in [1.165, 1.54) is 0 Å². The van der Waals surface area contributed by atoms with Crippen molar-refractivity contribution in [3.63, 3.8) is 0 Å². The van der Waals surface area contributed by atoms with Crippen molar-refractivity contribution in [2.75, 3.05) is 0 Å². The molecule has 4 aliphatic rings. The molecule has 2 N–H and O–H groups in total. The molecule has 1 atom stereocenters. The first kappa shape index (κ1) is 22.3. The van der Waals surface area contributed by atoms with Crippen molar-refractivity contribution >= 4 is 22.8 Å². The van der Waals surface area contributed by atoms with Gasteiger partial charge in [-0.25, -0.2) is 0 Å². The van der Waals surface area contributed by atoms with Gasteiger partial charge >= 0.3 is 5.97 Å². The molecule has 2 heterocycles. The maximum Gasteiger partial charge on any atom is 0.306 e. The highest BCUT2D eigenvalue weighted by atomic mass is 16.4. The van der Waals surface area contributed by atoms with Crippen LogP contribution in [0.1, 0.15) is 48.0 Å². The summed E-state index contributed by atoms with van der Waals surface area (Å²) in [5.74, 6) is -0.719. The van der Waals surface area contributed by atoms with Gasteiger partial charge in [-0.15, -0.1) is 0 Å². The number of carbonyl (C=O) groups is 2. The fraction of sp³-hybridized carbons (Fsp3) is 0.323. The fourth-order valence-corrected chi connectivity index (χ4v) is 7.13. The molecule has 2 aromatic heterocycles. The number of benzene rings is 2. The van der Waals surface area contributed by atoms with E-state index in [9.17, 15) is 14.7 Å². The van der Waals surface area contributed by atoms with Gasteiger partial charge in [0.05, 0.1) is 22.7 Å². The van der Waals surface area contributed by atoms with Crippen LogP contribution in [0.25, 0.3) is 22.2 Å². The maximum atomic E-state index is 13.7. The molecule has 6 heteroatoms. The number of aromatic nitrogens is 2. The highest BCUT2D eigenvalue weighted by molar-refractivity contribution is 6.06. The third-order valence-electron chi connectivity index (χ3n) is 9.20. The first-order chi connectivity index (χ1) is 18.0. The van der Waals surface area contributed by atoms with E-state index in [0.717, 1.165) is 53.4 Å². The monoisotopic (exact) mass is 491 g/mol. The molecule has 1 unspecified atom stereocenters. The summed E-state index contributed by atoms with van der Waals surface area (Å²) in [5.41, 5.74) is 4.38. The number of carboxylic acids is 1. The smallest absolute Gasteiger partial charge is 0.306 e. The molecule has 8 rings (SSSR count). The Labute approximate surface area is 215 Å². The Hall–Kier alpha value is -3.93. The summed E-state index contributed by atoms with van der Waals surface area (Å²) in [6, 6.07) is 22.2. The molecular formula is C31H29N3O3. The molecular weight excluding hydrogens is 462 g/mol. The maximum absolute atomic E-state index is 13.7. The number of nitrogens with one attached hydrogen (secondary N) is 1. The lowest BCUT2D eigenvalue weighted by atomic mass is 9.63. The molecule has 4 saturated carbocycles. The molecule has 4 aromatic rings. The van der Waals surface area contributed by atoms with Crippen molar-refractivity contribution in [1.29, 1.82) is 0 Å². The number of fused-ring (bicyclic) bond motifs is 2. The highest BCUT2D eigenvalue weighted by Gasteiger charge is 2.71. The fourth-order valence-electron chi connectivity index (χ4n) is 7.13. The van der Waals surface area contributed by atoms with Crippen molar-refractivity contribution in [2.24, 2.45) is 17.3 Å². The predicted octanol–water partition coefficient (Wildman–Crippen LogP) is 5.51. The number of pyridine rings is 1. The number of hydrogen-bond donors (Lipinski definition) is 2. The molecule has 186 valence electrons. The molecule has 4 aliphatic carbocycles. The number of rotatable bonds is 7. The zero-order valence-corrected chi connectivity index (χ0v) is 20.6. The Bertz CT molecular complexity index is 1510. The van der Waals surface area contributed by atoms with Gasteiger partial charge in [0.25, 0.3) is 5.91 Å². The average molecular weight is 492 g/mol. The summed E-state index contributed by atoms with van der Waals surface area (Å²) in [4.78, 5) is 30.0. The second-order valence-electron chi connectivity index (χ2n) is 11.2. The van der Waals surface area contributed by atoms with Crippen LogP contribution in [0.3, 0.4) is 0 Å². The quantitative estimate of drug-likeness (QED) is 0.357. The van der Waals surface area contributed by atoms with Crippen LogP contribution in [0.2, 0.25) is 0 Å².